The smallest absolute Gasteiger partial charge is 0.0675 e. The second kappa shape index (κ2) is 4.40. The second-order valence-electron chi connectivity index (χ2n) is 5.05. The summed E-state index contributed by atoms with van der Waals surface area (Å²) in [5.41, 5.74) is 0.858. The first kappa shape index (κ1) is 12.5. The Morgan fingerprint density at radius 2 is 2.12 bits per heavy atom. The Kier molecular flexibility index (Phi) is 3.25. The van der Waals surface area contributed by atoms with E-state index < -0.39 is 0 Å². The van der Waals surface area contributed by atoms with Gasteiger partial charge in [-0.25, -0.2) is 0 Å². The van der Waals surface area contributed by atoms with Crippen molar-refractivity contribution in [1.29, 1.82) is 5.26 Å². The molecule has 2 rings (SSSR count). The summed E-state index contributed by atoms with van der Waals surface area (Å²) in [6, 6.07) is 7.78. The van der Waals surface area contributed by atoms with Crippen LogP contribution in [-0.2, 0) is 0 Å². The standard InChI is InChI=1S/C13H14Cl2N2/c1-13(2)6-9(7-16)8-17(13)12-5-10(14)3-4-11(12)15/h3-5,9H,6,8H2,1-2H3. The van der Waals surface area contributed by atoms with Crippen molar-refractivity contribution in [3.8, 4) is 6.07 Å². The van der Waals surface area contributed by atoms with E-state index in [1.54, 1.807) is 12.1 Å². The van der Waals surface area contributed by atoms with E-state index in [9.17, 15) is 0 Å². The van der Waals surface area contributed by atoms with Gasteiger partial charge in [-0.05, 0) is 38.5 Å². The molecule has 1 unspecified atom stereocenters. The molecule has 2 nitrogen and oxygen atoms in total. The van der Waals surface area contributed by atoms with Crippen LogP contribution in [0.2, 0.25) is 10.0 Å². The maximum absolute atomic E-state index is 9.05. The Labute approximate surface area is 112 Å². The zero-order valence-corrected chi connectivity index (χ0v) is 11.4. The van der Waals surface area contributed by atoms with Gasteiger partial charge < -0.3 is 4.90 Å². The Morgan fingerprint density at radius 1 is 1.41 bits per heavy atom. The molecule has 0 N–H and O–H groups in total. The van der Waals surface area contributed by atoms with Crippen molar-refractivity contribution in [3.05, 3.63) is 28.2 Å². The first-order valence-electron chi connectivity index (χ1n) is 5.56. The Morgan fingerprint density at radius 3 is 2.71 bits per heavy atom. The Balaban J connectivity index is 2.40. The maximum Gasteiger partial charge on any atom is 0.0675 e. The van der Waals surface area contributed by atoms with Gasteiger partial charge in [0.2, 0.25) is 0 Å². The van der Waals surface area contributed by atoms with E-state index in [0.717, 1.165) is 12.1 Å². The van der Waals surface area contributed by atoms with Gasteiger partial charge in [0.15, 0.2) is 0 Å². The van der Waals surface area contributed by atoms with Gasteiger partial charge in [-0.1, -0.05) is 23.2 Å². The third-order valence-electron chi connectivity index (χ3n) is 3.26. The van der Waals surface area contributed by atoms with E-state index in [2.05, 4.69) is 24.8 Å². The molecular weight excluding hydrogens is 255 g/mol. The van der Waals surface area contributed by atoms with E-state index in [1.807, 2.05) is 6.07 Å². The van der Waals surface area contributed by atoms with Crippen molar-refractivity contribution in [2.24, 2.45) is 5.92 Å². The fourth-order valence-electron chi connectivity index (χ4n) is 2.45. The molecule has 0 amide bonds. The highest BCUT2D eigenvalue weighted by Gasteiger charge is 2.39. The molecule has 1 saturated heterocycles. The van der Waals surface area contributed by atoms with Crippen LogP contribution in [0.4, 0.5) is 5.69 Å². The minimum atomic E-state index is -0.0608. The topological polar surface area (TPSA) is 27.0 Å². The molecule has 0 bridgehead atoms. The largest absolute Gasteiger partial charge is 0.364 e. The number of hydrogen-bond acceptors (Lipinski definition) is 2. The number of hydrogen-bond donors (Lipinski definition) is 0. The molecule has 1 aromatic carbocycles. The summed E-state index contributed by atoms with van der Waals surface area (Å²) in [5.74, 6) is 0.0556. The van der Waals surface area contributed by atoms with Crippen LogP contribution in [0.15, 0.2) is 18.2 Å². The molecule has 0 radical (unpaired) electrons. The molecule has 1 fully saturated rings. The number of halogens is 2. The molecule has 0 spiro atoms. The zero-order valence-electron chi connectivity index (χ0n) is 9.87. The van der Waals surface area contributed by atoms with Gasteiger partial charge in [-0.2, -0.15) is 5.26 Å². The molecule has 1 atom stereocenters. The molecule has 1 aliphatic heterocycles. The minimum Gasteiger partial charge on any atom is -0.364 e. The monoisotopic (exact) mass is 268 g/mol. The zero-order chi connectivity index (χ0) is 12.6. The summed E-state index contributed by atoms with van der Waals surface area (Å²) in [4.78, 5) is 2.18. The summed E-state index contributed by atoms with van der Waals surface area (Å²) in [6.07, 6.45) is 0.854. The first-order valence-corrected chi connectivity index (χ1v) is 6.32. The third-order valence-corrected chi connectivity index (χ3v) is 3.82. The lowest BCUT2D eigenvalue weighted by molar-refractivity contribution is 0.503. The summed E-state index contributed by atoms with van der Waals surface area (Å²) < 4.78 is 0. The predicted octanol–water partition coefficient (Wildman–Crippen LogP) is 4.12. The number of benzene rings is 1. The highest BCUT2D eigenvalue weighted by molar-refractivity contribution is 6.35. The molecule has 17 heavy (non-hydrogen) atoms. The highest BCUT2D eigenvalue weighted by Crippen LogP contribution is 2.40. The highest BCUT2D eigenvalue weighted by atomic mass is 35.5. The van der Waals surface area contributed by atoms with E-state index in [-0.39, 0.29) is 11.5 Å². The summed E-state index contributed by atoms with van der Waals surface area (Å²) in [6.45, 7) is 4.96. The van der Waals surface area contributed by atoms with Crippen LogP contribution in [0.1, 0.15) is 20.3 Å². The van der Waals surface area contributed by atoms with Gasteiger partial charge in [0, 0.05) is 17.1 Å². The van der Waals surface area contributed by atoms with Crippen LogP contribution in [0.25, 0.3) is 0 Å². The van der Waals surface area contributed by atoms with E-state index in [4.69, 9.17) is 28.5 Å². The Bertz CT molecular complexity index is 477. The quantitative estimate of drug-likeness (QED) is 0.766. The molecule has 1 aliphatic rings. The molecular formula is C13H14Cl2N2. The average Bonchev–Trinajstić information content (AvgIpc) is 2.57. The van der Waals surface area contributed by atoms with Gasteiger partial charge in [0.1, 0.15) is 0 Å². The molecule has 4 heteroatoms. The lowest BCUT2D eigenvalue weighted by Crippen LogP contribution is -2.38. The van der Waals surface area contributed by atoms with Crippen LogP contribution in [0.5, 0.6) is 0 Å². The van der Waals surface area contributed by atoms with Crippen molar-refractivity contribution in [1.82, 2.24) is 0 Å². The minimum absolute atomic E-state index is 0.0556. The van der Waals surface area contributed by atoms with Crippen molar-refractivity contribution < 1.29 is 0 Å². The molecule has 0 saturated carbocycles. The van der Waals surface area contributed by atoms with Gasteiger partial charge in [-0.3, -0.25) is 0 Å². The fourth-order valence-corrected chi connectivity index (χ4v) is 2.83. The number of anilines is 1. The van der Waals surface area contributed by atoms with Crippen molar-refractivity contribution in [2.75, 3.05) is 11.4 Å². The number of nitriles is 1. The van der Waals surface area contributed by atoms with Crippen LogP contribution in [0, 0.1) is 17.2 Å². The van der Waals surface area contributed by atoms with Gasteiger partial charge in [0.05, 0.1) is 22.7 Å². The first-order chi connectivity index (χ1) is 7.94. The summed E-state index contributed by atoms with van der Waals surface area (Å²) in [5, 5.41) is 10.4. The van der Waals surface area contributed by atoms with Crippen molar-refractivity contribution in [2.45, 2.75) is 25.8 Å². The van der Waals surface area contributed by atoms with Gasteiger partial charge >= 0.3 is 0 Å². The second-order valence-corrected chi connectivity index (χ2v) is 5.89. The summed E-state index contributed by atoms with van der Waals surface area (Å²) in [7, 11) is 0. The third kappa shape index (κ3) is 2.36. The molecule has 0 aliphatic carbocycles. The lowest BCUT2D eigenvalue weighted by Gasteiger charge is -2.34. The lowest BCUT2D eigenvalue weighted by atomic mass is 9.97. The average molecular weight is 269 g/mol. The van der Waals surface area contributed by atoms with Crippen molar-refractivity contribution >= 4 is 28.9 Å². The van der Waals surface area contributed by atoms with Crippen molar-refractivity contribution in [3.63, 3.8) is 0 Å². The maximum atomic E-state index is 9.05. The SMILES string of the molecule is CC1(C)CC(C#N)CN1c1cc(Cl)ccc1Cl. The molecule has 1 heterocycles. The Hall–Kier alpha value is -0.910. The van der Waals surface area contributed by atoms with Crippen LogP contribution in [-0.4, -0.2) is 12.1 Å². The predicted molar refractivity (Wildman–Crippen MR) is 71.6 cm³/mol. The summed E-state index contributed by atoms with van der Waals surface area (Å²) >= 11 is 12.2. The van der Waals surface area contributed by atoms with E-state index in [0.29, 0.717) is 16.6 Å². The van der Waals surface area contributed by atoms with Gasteiger partial charge in [0.25, 0.3) is 0 Å². The molecule has 0 aromatic heterocycles. The van der Waals surface area contributed by atoms with E-state index >= 15 is 0 Å². The van der Waals surface area contributed by atoms with Crippen LogP contribution in [0.3, 0.4) is 0 Å². The number of rotatable bonds is 1. The van der Waals surface area contributed by atoms with Crippen LogP contribution < -0.4 is 4.90 Å². The van der Waals surface area contributed by atoms with E-state index in [1.165, 1.54) is 0 Å². The molecule has 90 valence electrons. The van der Waals surface area contributed by atoms with Gasteiger partial charge in [-0.15, -0.1) is 0 Å². The van der Waals surface area contributed by atoms with Crippen LogP contribution >= 0.6 is 23.2 Å². The fraction of sp³-hybridized carbons (Fsp3) is 0.462. The molecule has 1 aromatic rings. The normalized spacial score (nSPS) is 22.5. The number of nitrogens with zero attached hydrogens (tertiary/aromatic N) is 2.